The van der Waals surface area contributed by atoms with Crippen LogP contribution in [-0.4, -0.2) is 0 Å². The van der Waals surface area contributed by atoms with Crippen LogP contribution < -0.4 is 0 Å². The second-order valence-electron chi connectivity index (χ2n) is 9.42. The molecule has 2 unspecified atom stereocenters. The van der Waals surface area contributed by atoms with E-state index in [-0.39, 0.29) is 0 Å². The van der Waals surface area contributed by atoms with E-state index in [0.29, 0.717) is 6.92 Å². The number of hydrogen-bond acceptors (Lipinski definition) is 5. The number of rotatable bonds is 4. The molecule has 5 nitrogen and oxygen atoms in total. The molecule has 3 aromatic carbocycles. The van der Waals surface area contributed by atoms with Crippen LogP contribution in [0.5, 0.6) is 0 Å². The highest BCUT2D eigenvalue weighted by Crippen LogP contribution is 2.60. The fraction of sp³-hybridized carbons (Fsp3) is 0.100. The van der Waals surface area contributed by atoms with E-state index in [9.17, 15) is 42.1 Å². The Kier molecular flexibility index (Phi) is 8.53. The van der Waals surface area contributed by atoms with Crippen molar-refractivity contribution in [3.8, 4) is 30.3 Å². The van der Waals surface area contributed by atoms with Gasteiger partial charge in [0.2, 0.25) is 0 Å². The molecule has 0 aliphatic heterocycles. The molecule has 0 heterocycles. The second-order valence-corrected chi connectivity index (χ2v) is 9.42. The van der Waals surface area contributed by atoms with E-state index in [4.69, 9.17) is 10.5 Å². The highest BCUT2D eigenvalue weighted by Gasteiger charge is 2.53. The van der Waals surface area contributed by atoms with Gasteiger partial charge in [-0.15, -0.1) is 0 Å². The van der Waals surface area contributed by atoms with Crippen molar-refractivity contribution in [2.45, 2.75) is 12.8 Å². The monoisotopic (exact) mass is 663 g/mol. The summed E-state index contributed by atoms with van der Waals surface area (Å²) in [5.41, 5.74) is -16.5. The third kappa shape index (κ3) is 4.70. The smallest absolute Gasteiger partial charge is 0.180 e. The molecule has 4 rings (SSSR count). The van der Waals surface area contributed by atoms with Gasteiger partial charge in [-0.05, 0) is 18.1 Å². The minimum atomic E-state index is -2.78. The number of nitriles is 5. The summed E-state index contributed by atoms with van der Waals surface area (Å²) in [6.07, 6.45) is 0. The molecule has 0 aromatic heterocycles. The standard InChI is InChI=1S/C30H5F12N5/c1-7-19(31)25(37)16(26(38)20(7)32)8(2-43)13-14(9(3-44)17-27(39)21(33)11(5-46)22(34)28(17)40)15(13)10(4-45)18-29(41)23(35)12(6-47)24(36)30(18)42/h9,14H,1H3/b13-8?,15-10-. The lowest BCUT2D eigenvalue weighted by molar-refractivity contribution is 0.429. The van der Waals surface area contributed by atoms with Gasteiger partial charge in [0.05, 0.1) is 34.3 Å². The summed E-state index contributed by atoms with van der Waals surface area (Å²) in [6, 6.07) is 4.78. The summed E-state index contributed by atoms with van der Waals surface area (Å²) in [5.74, 6) is -33.5. The van der Waals surface area contributed by atoms with Crippen LogP contribution >= 0.6 is 0 Å². The molecule has 0 bridgehead atoms. The van der Waals surface area contributed by atoms with Gasteiger partial charge in [-0.2, -0.15) is 26.3 Å². The summed E-state index contributed by atoms with van der Waals surface area (Å²) in [6.45, 7) is 0.559. The quantitative estimate of drug-likeness (QED) is 0.162. The number of hydrogen-bond donors (Lipinski definition) is 0. The maximum atomic E-state index is 15.1. The molecule has 0 N–H and O–H groups in total. The zero-order chi connectivity index (χ0) is 35.4. The minimum absolute atomic E-state index is 0.559. The normalized spacial score (nSPS) is 16.3. The predicted molar refractivity (Wildman–Crippen MR) is 130 cm³/mol. The Hall–Kier alpha value is -6.25. The molecular weight excluding hydrogens is 658 g/mol. The van der Waals surface area contributed by atoms with Gasteiger partial charge in [0, 0.05) is 17.0 Å². The lowest BCUT2D eigenvalue weighted by Crippen LogP contribution is -2.12. The molecule has 1 aliphatic carbocycles. The van der Waals surface area contributed by atoms with Crippen molar-refractivity contribution in [3.05, 3.63) is 114 Å². The lowest BCUT2D eigenvalue weighted by atomic mass is 9.90. The third-order valence-electron chi connectivity index (χ3n) is 7.14. The summed E-state index contributed by atoms with van der Waals surface area (Å²) in [7, 11) is 0. The van der Waals surface area contributed by atoms with Crippen molar-refractivity contribution in [2.75, 3.05) is 0 Å². The van der Waals surface area contributed by atoms with E-state index in [0.717, 1.165) is 30.3 Å². The van der Waals surface area contributed by atoms with E-state index in [1.807, 2.05) is 0 Å². The zero-order valence-corrected chi connectivity index (χ0v) is 22.4. The Morgan fingerprint density at radius 1 is 0.489 bits per heavy atom. The number of benzene rings is 3. The maximum absolute atomic E-state index is 15.1. The maximum Gasteiger partial charge on any atom is 0.180 e. The van der Waals surface area contributed by atoms with E-state index in [1.54, 1.807) is 0 Å². The molecule has 0 spiro atoms. The van der Waals surface area contributed by atoms with Gasteiger partial charge in [-0.1, -0.05) is 0 Å². The molecular formula is C30H5F12N5. The number of halogens is 12. The van der Waals surface area contributed by atoms with Crippen LogP contribution in [0, 0.1) is 139 Å². The number of allylic oxidation sites excluding steroid dienone is 4. The van der Waals surface area contributed by atoms with Gasteiger partial charge >= 0.3 is 0 Å². The van der Waals surface area contributed by atoms with Crippen molar-refractivity contribution in [3.63, 3.8) is 0 Å². The summed E-state index contributed by atoms with van der Waals surface area (Å²) >= 11 is 0. The average molecular weight is 663 g/mol. The molecule has 3 aromatic rings. The molecule has 17 heteroatoms. The van der Waals surface area contributed by atoms with Crippen molar-refractivity contribution in [1.82, 2.24) is 0 Å². The molecule has 1 aliphatic rings. The highest BCUT2D eigenvalue weighted by atomic mass is 19.2. The Morgan fingerprint density at radius 3 is 1.11 bits per heavy atom. The second kappa shape index (κ2) is 11.9. The van der Waals surface area contributed by atoms with Gasteiger partial charge in [0.25, 0.3) is 0 Å². The molecule has 1 fully saturated rings. The van der Waals surface area contributed by atoms with E-state index >= 15 is 26.3 Å². The Morgan fingerprint density at radius 2 is 0.809 bits per heavy atom. The molecule has 2 atom stereocenters. The zero-order valence-electron chi connectivity index (χ0n) is 22.4. The van der Waals surface area contributed by atoms with Crippen LogP contribution in [0.2, 0.25) is 0 Å². The summed E-state index contributed by atoms with van der Waals surface area (Å²) in [4.78, 5) is 0. The minimum Gasteiger partial charge on any atom is -0.203 e. The van der Waals surface area contributed by atoms with E-state index < -0.39 is 137 Å². The SMILES string of the molecule is Cc1c(F)c(F)c(C(C#N)=C2/C(=C(\C#N)c3c(F)c(F)c(C#N)c(F)c3F)C2C(C#N)c2c(F)c(F)c(C#N)c(F)c2F)c(F)c1F. The van der Waals surface area contributed by atoms with Crippen molar-refractivity contribution in [2.24, 2.45) is 5.92 Å². The fourth-order valence-corrected chi connectivity index (χ4v) is 4.89. The van der Waals surface area contributed by atoms with Crippen LogP contribution in [0.25, 0.3) is 11.1 Å². The fourth-order valence-electron chi connectivity index (χ4n) is 4.89. The molecule has 0 radical (unpaired) electrons. The van der Waals surface area contributed by atoms with Crippen molar-refractivity contribution >= 4 is 11.1 Å². The largest absolute Gasteiger partial charge is 0.203 e. The van der Waals surface area contributed by atoms with Gasteiger partial charge in [-0.25, -0.2) is 52.7 Å². The van der Waals surface area contributed by atoms with Crippen molar-refractivity contribution in [1.29, 1.82) is 26.3 Å². The summed E-state index contributed by atoms with van der Waals surface area (Å²) < 4.78 is 177. The third-order valence-corrected chi connectivity index (χ3v) is 7.14. The van der Waals surface area contributed by atoms with E-state index in [1.165, 1.54) is 0 Å². The van der Waals surface area contributed by atoms with Gasteiger partial charge in [-0.3, -0.25) is 0 Å². The topological polar surface area (TPSA) is 119 Å². The van der Waals surface area contributed by atoms with Crippen LogP contribution in [0.15, 0.2) is 11.1 Å². The van der Waals surface area contributed by atoms with Crippen LogP contribution in [-0.2, 0) is 0 Å². The first kappa shape index (κ1) is 33.6. The van der Waals surface area contributed by atoms with Gasteiger partial charge in [0.1, 0.15) is 35.4 Å². The first-order valence-corrected chi connectivity index (χ1v) is 12.1. The highest BCUT2D eigenvalue weighted by molar-refractivity contribution is 5.98. The first-order chi connectivity index (χ1) is 22.1. The predicted octanol–water partition coefficient (Wildman–Crippen LogP) is 7.60. The molecule has 234 valence electrons. The molecule has 0 amide bonds. The Balaban J connectivity index is 2.26. The van der Waals surface area contributed by atoms with Crippen LogP contribution in [0.1, 0.15) is 39.3 Å². The van der Waals surface area contributed by atoms with Gasteiger partial charge < -0.3 is 0 Å². The molecule has 0 saturated heterocycles. The Bertz CT molecular complexity index is 2170. The number of nitrogens with zero attached hydrogens (tertiary/aromatic N) is 5. The lowest BCUT2D eigenvalue weighted by Gasteiger charge is -2.13. The molecule has 47 heavy (non-hydrogen) atoms. The van der Waals surface area contributed by atoms with Crippen molar-refractivity contribution < 1.29 is 52.7 Å². The Labute approximate surface area is 253 Å². The van der Waals surface area contributed by atoms with Gasteiger partial charge in [0.15, 0.2) is 69.8 Å². The average Bonchev–Trinajstić information content (AvgIpc) is 3.77. The van der Waals surface area contributed by atoms with Crippen LogP contribution in [0.4, 0.5) is 52.7 Å². The first-order valence-electron chi connectivity index (χ1n) is 12.1. The van der Waals surface area contributed by atoms with Crippen LogP contribution in [0.3, 0.4) is 0 Å². The molecule has 1 saturated carbocycles. The van der Waals surface area contributed by atoms with E-state index in [2.05, 4.69) is 0 Å². The summed E-state index contributed by atoms with van der Waals surface area (Å²) in [5, 5.41) is 47.2.